The second-order valence-electron chi connectivity index (χ2n) is 7.74. The van der Waals surface area contributed by atoms with Gasteiger partial charge in [-0.2, -0.15) is 0 Å². The fraction of sp³-hybridized carbons (Fsp3) is 0.733. The van der Waals surface area contributed by atoms with E-state index in [0.717, 1.165) is 16.8 Å². The summed E-state index contributed by atoms with van der Waals surface area (Å²) >= 11 is 0. The predicted octanol–water partition coefficient (Wildman–Crippen LogP) is -4.79. The van der Waals surface area contributed by atoms with Crippen LogP contribution < -0.4 is 11.2 Å². The highest BCUT2D eigenvalue weighted by Gasteiger charge is 2.54. The minimum Gasteiger partial charge on any atom is -0.394 e. The summed E-state index contributed by atoms with van der Waals surface area (Å²) in [5.41, 5.74) is -1.70. The van der Waals surface area contributed by atoms with Crippen LogP contribution in [0.2, 0.25) is 0 Å². The Kier molecular flexibility index (Phi) is 9.05. The van der Waals surface area contributed by atoms with Gasteiger partial charge in [0.05, 0.1) is 13.2 Å². The van der Waals surface area contributed by atoms with Crippen molar-refractivity contribution in [1.82, 2.24) is 9.55 Å². The molecule has 2 aliphatic heterocycles. The lowest BCUT2D eigenvalue weighted by Crippen LogP contribution is -2.45. The fourth-order valence-corrected chi connectivity index (χ4v) is 4.65. The molecule has 21 heteroatoms. The normalized spacial score (nSPS) is 34.2. The van der Waals surface area contributed by atoms with Crippen LogP contribution in [0.3, 0.4) is 0 Å². The van der Waals surface area contributed by atoms with Crippen LogP contribution in [-0.2, 0) is 32.4 Å². The zero-order valence-corrected chi connectivity index (χ0v) is 19.6. The molecule has 2 aliphatic rings. The van der Waals surface area contributed by atoms with E-state index in [0.29, 0.717) is 0 Å². The molecule has 9 atom stereocenters. The number of rotatable bonds is 10. The molecule has 1 aromatic rings. The van der Waals surface area contributed by atoms with Crippen LogP contribution in [0, 0.1) is 0 Å². The molecule has 0 radical (unpaired) electrons. The third-order valence-electron chi connectivity index (χ3n) is 5.19. The molecular weight excluding hydrogens is 542 g/mol. The molecule has 0 bridgehead atoms. The van der Waals surface area contributed by atoms with E-state index in [9.17, 15) is 48.9 Å². The lowest BCUT2D eigenvalue weighted by atomic mass is 10.1. The highest BCUT2D eigenvalue weighted by atomic mass is 31.2. The number of phosphoric ester groups is 2. The van der Waals surface area contributed by atoms with Gasteiger partial charge >= 0.3 is 21.3 Å². The number of phosphoric acid groups is 2. The maximum atomic E-state index is 12.0. The van der Waals surface area contributed by atoms with Gasteiger partial charge < -0.3 is 54.2 Å². The zero-order valence-electron chi connectivity index (χ0n) is 17.9. The van der Waals surface area contributed by atoms with Crippen LogP contribution in [0.5, 0.6) is 0 Å². The van der Waals surface area contributed by atoms with Crippen molar-refractivity contribution in [2.24, 2.45) is 0 Å². The van der Waals surface area contributed by atoms with Gasteiger partial charge in [0.2, 0.25) is 0 Å². The number of nitrogens with one attached hydrogen (secondary N) is 1. The summed E-state index contributed by atoms with van der Waals surface area (Å²) in [4.78, 5) is 61.8. The molecule has 3 rings (SSSR count). The Morgan fingerprint density at radius 1 is 1.03 bits per heavy atom. The summed E-state index contributed by atoms with van der Waals surface area (Å²) in [7, 11) is -10.7. The second-order valence-corrected chi connectivity index (χ2v) is 10.1. The number of hydrogen-bond donors (Lipinski definition) is 9. The van der Waals surface area contributed by atoms with E-state index in [1.54, 1.807) is 0 Å². The molecular formula is C15H24N2O17P2. The van der Waals surface area contributed by atoms with Crippen molar-refractivity contribution in [2.75, 3.05) is 13.2 Å². The number of nitrogens with zero attached hydrogens (tertiary/aromatic N) is 1. The standard InChI is InChI=1S/C15H24N2O17P2/c18-3-5(19)10-11(12(33-35(24,25)26)14(32-10)34-36(27,28)29)30-4-6-8(21)9(22)13(31-6)17-2-1-7(20)16-15(17)23/h1-2,5-6,8-14,18-19,21-22H,3-4H2,(H,16,20,23)(H2,24,25,26)(H2,27,28,29)/t5-,6+,8?,9?,10+,11+,12+,13+,14+/m1/s1. The molecule has 206 valence electrons. The minimum absolute atomic E-state index is 0.723. The third-order valence-corrected chi connectivity index (χ3v) is 6.19. The minimum atomic E-state index is -5.38. The van der Waals surface area contributed by atoms with Crippen molar-refractivity contribution < 1.29 is 72.4 Å². The molecule has 2 saturated heterocycles. The van der Waals surface area contributed by atoms with Crippen molar-refractivity contribution >= 4 is 15.6 Å². The van der Waals surface area contributed by atoms with Gasteiger partial charge in [0, 0.05) is 12.3 Å². The molecule has 0 saturated carbocycles. The van der Waals surface area contributed by atoms with Crippen LogP contribution in [0.1, 0.15) is 6.23 Å². The molecule has 0 amide bonds. The summed E-state index contributed by atoms with van der Waals surface area (Å²) in [5, 5.41) is 40.0. The van der Waals surface area contributed by atoms with E-state index in [4.69, 9.17) is 24.0 Å². The highest BCUT2D eigenvalue weighted by molar-refractivity contribution is 7.46. The average Bonchev–Trinajstić information content (AvgIpc) is 3.21. The van der Waals surface area contributed by atoms with Gasteiger partial charge in [-0.1, -0.05) is 0 Å². The Balaban J connectivity index is 1.82. The Morgan fingerprint density at radius 2 is 1.67 bits per heavy atom. The van der Waals surface area contributed by atoms with E-state index in [2.05, 4.69) is 9.05 Å². The van der Waals surface area contributed by atoms with Gasteiger partial charge in [-0.15, -0.1) is 0 Å². The van der Waals surface area contributed by atoms with E-state index >= 15 is 0 Å². The van der Waals surface area contributed by atoms with E-state index in [-0.39, 0.29) is 0 Å². The lowest BCUT2D eigenvalue weighted by molar-refractivity contribution is -0.147. The Labute approximate surface area is 199 Å². The average molecular weight is 566 g/mol. The number of H-pyrrole nitrogens is 1. The highest BCUT2D eigenvalue weighted by Crippen LogP contribution is 2.48. The smallest absolute Gasteiger partial charge is 0.394 e. The predicted molar refractivity (Wildman–Crippen MR) is 109 cm³/mol. The summed E-state index contributed by atoms with van der Waals surface area (Å²) in [6.07, 6.45) is -14.9. The molecule has 2 fully saturated rings. The molecule has 1 aromatic heterocycles. The van der Waals surface area contributed by atoms with Crippen LogP contribution >= 0.6 is 15.6 Å². The SMILES string of the molecule is O=c1ccn([C@H]2O[C@@H](CO[C@@H]3[C@H](OP(=O)(O)O)[C@H](OP(=O)(O)O)O[C@H]3[C@H](O)CO)C(O)C2O)c(=O)[nH]1. The van der Waals surface area contributed by atoms with Gasteiger partial charge in [-0.25, -0.2) is 13.9 Å². The first-order chi connectivity index (χ1) is 16.6. The molecule has 9 N–H and O–H groups in total. The molecule has 0 spiro atoms. The Morgan fingerprint density at radius 3 is 2.22 bits per heavy atom. The zero-order chi connectivity index (χ0) is 27.0. The quantitative estimate of drug-likeness (QED) is 0.120. The largest absolute Gasteiger partial charge is 0.472 e. The molecule has 19 nitrogen and oxygen atoms in total. The van der Waals surface area contributed by atoms with E-state index < -0.39 is 95.4 Å². The maximum Gasteiger partial charge on any atom is 0.472 e. The van der Waals surface area contributed by atoms with Crippen molar-refractivity contribution in [3.63, 3.8) is 0 Å². The monoisotopic (exact) mass is 566 g/mol. The first-order valence-corrected chi connectivity index (χ1v) is 13.0. The van der Waals surface area contributed by atoms with Crippen molar-refractivity contribution in [3.8, 4) is 0 Å². The number of hydrogen-bond acceptors (Lipinski definition) is 13. The summed E-state index contributed by atoms with van der Waals surface area (Å²) < 4.78 is 48.3. The van der Waals surface area contributed by atoms with Crippen molar-refractivity contribution in [3.05, 3.63) is 33.1 Å². The van der Waals surface area contributed by atoms with Crippen molar-refractivity contribution in [2.45, 2.75) is 55.2 Å². The first kappa shape index (κ1) is 29.2. The Hall–Kier alpha value is -1.38. The number of aromatic amines is 1. The number of aliphatic hydroxyl groups excluding tert-OH is 4. The van der Waals surface area contributed by atoms with Crippen LogP contribution in [0.4, 0.5) is 0 Å². The van der Waals surface area contributed by atoms with Crippen molar-refractivity contribution in [1.29, 1.82) is 0 Å². The lowest BCUT2D eigenvalue weighted by Gasteiger charge is -2.27. The van der Waals surface area contributed by atoms with Crippen LogP contribution in [-0.4, -0.2) is 112 Å². The number of ether oxygens (including phenoxy) is 3. The topological polar surface area (TPSA) is 297 Å². The molecule has 2 unspecified atom stereocenters. The van der Waals surface area contributed by atoms with Gasteiger partial charge in [0.15, 0.2) is 12.5 Å². The fourth-order valence-electron chi connectivity index (χ4n) is 3.67. The van der Waals surface area contributed by atoms with E-state index in [1.165, 1.54) is 0 Å². The van der Waals surface area contributed by atoms with Gasteiger partial charge in [0.25, 0.3) is 5.56 Å². The number of aliphatic hydroxyl groups is 4. The van der Waals surface area contributed by atoms with E-state index in [1.807, 2.05) is 4.98 Å². The maximum absolute atomic E-state index is 12.0. The second kappa shape index (κ2) is 11.2. The van der Waals surface area contributed by atoms with Gasteiger partial charge in [0.1, 0.15) is 42.7 Å². The summed E-state index contributed by atoms with van der Waals surface area (Å²) in [6, 6.07) is 0.954. The van der Waals surface area contributed by atoms with Gasteiger partial charge in [-0.3, -0.25) is 23.4 Å². The van der Waals surface area contributed by atoms with Crippen LogP contribution in [0.15, 0.2) is 21.9 Å². The van der Waals surface area contributed by atoms with Gasteiger partial charge in [-0.05, 0) is 0 Å². The summed E-state index contributed by atoms with van der Waals surface area (Å²) in [6.45, 7) is -1.71. The summed E-state index contributed by atoms with van der Waals surface area (Å²) in [5.74, 6) is 0. The molecule has 0 aliphatic carbocycles. The number of aromatic nitrogens is 2. The Bertz CT molecular complexity index is 1110. The first-order valence-electron chi connectivity index (χ1n) is 9.98. The molecule has 0 aromatic carbocycles. The molecule has 36 heavy (non-hydrogen) atoms. The third kappa shape index (κ3) is 6.93. The molecule has 3 heterocycles. The van der Waals surface area contributed by atoms with Crippen LogP contribution in [0.25, 0.3) is 0 Å².